The number of hydrogen-bond donors (Lipinski definition) is 1. The summed E-state index contributed by atoms with van der Waals surface area (Å²) >= 11 is 5.81. The fourth-order valence-corrected chi connectivity index (χ4v) is 2.95. The number of halogens is 1. The van der Waals surface area contributed by atoms with Crippen LogP contribution in [0.5, 0.6) is 5.75 Å². The fraction of sp³-hybridized carbons (Fsp3) is 0.238. The molecule has 1 N–H and O–H groups in total. The molecule has 1 aromatic carbocycles. The maximum absolute atomic E-state index is 12.4. The summed E-state index contributed by atoms with van der Waals surface area (Å²) in [6, 6.07) is 7.21. The highest BCUT2D eigenvalue weighted by molar-refractivity contribution is 6.30. The largest absolute Gasteiger partial charge is 0.493 e. The lowest BCUT2D eigenvalue weighted by molar-refractivity contribution is -0.111. The minimum absolute atomic E-state index is 0.273. The van der Waals surface area contributed by atoms with Crippen LogP contribution in [-0.4, -0.2) is 17.5 Å². The maximum atomic E-state index is 12.4. The van der Waals surface area contributed by atoms with Gasteiger partial charge in [-0.3, -0.25) is 4.79 Å². The van der Waals surface area contributed by atoms with E-state index in [1.165, 1.54) is 12.3 Å². The number of nitrogens with one attached hydrogen (secondary N) is 1. The Morgan fingerprint density at radius 1 is 1.33 bits per heavy atom. The molecule has 3 rings (SSSR count). The second-order valence-corrected chi connectivity index (χ2v) is 6.68. The third kappa shape index (κ3) is 4.14. The Balaban J connectivity index is 1.94. The van der Waals surface area contributed by atoms with Gasteiger partial charge in [0.1, 0.15) is 22.9 Å². The topological polar surface area (TPSA) is 64.4 Å². The number of benzene rings is 1. The summed E-state index contributed by atoms with van der Waals surface area (Å²) in [5.41, 5.74) is 3.49. The van der Waals surface area contributed by atoms with Gasteiger partial charge < -0.3 is 14.5 Å². The van der Waals surface area contributed by atoms with Gasteiger partial charge in [-0.1, -0.05) is 11.6 Å². The Morgan fingerprint density at radius 2 is 2.11 bits per heavy atom. The summed E-state index contributed by atoms with van der Waals surface area (Å²) in [5.74, 6) is 1.72. The summed E-state index contributed by atoms with van der Waals surface area (Å²) in [4.78, 5) is 16.4. The lowest BCUT2D eigenvalue weighted by atomic mass is 10.0. The van der Waals surface area contributed by atoms with Crippen molar-refractivity contribution in [2.45, 2.75) is 27.7 Å². The summed E-state index contributed by atoms with van der Waals surface area (Å²) < 4.78 is 11.6. The van der Waals surface area contributed by atoms with Crippen LogP contribution in [0.4, 0.5) is 5.82 Å². The molecule has 140 valence electrons. The number of nitrogens with zero attached hydrogens (tertiary/aromatic N) is 1. The van der Waals surface area contributed by atoms with E-state index in [0.717, 1.165) is 33.4 Å². The molecular formula is C21H21ClN2O3. The van der Waals surface area contributed by atoms with E-state index >= 15 is 0 Å². The molecule has 6 heteroatoms. The number of carbonyl (C=O) groups excluding carboxylic acids is 1. The number of rotatable bonds is 5. The SMILES string of the molecule is CCOc1cc2oc(C)c(C)c2cc1/C(C)=C/C(=O)Nc1ccc(Cl)cn1. The summed E-state index contributed by atoms with van der Waals surface area (Å²) in [7, 11) is 0. The van der Waals surface area contributed by atoms with Gasteiger partial charge in [0.2, 0.25) is 5.91 Å². The number of carbonyl (C=O) groups is 1. The van der Waals surface area contributed by atoms with Crippen molar-refractivity contribution in [3.05, 3.63) is 58.4 Å². The van der Waals surface area contributed by atoms with Gasteiger partial charge in [0.15, 0.2) is 0 Å². The van der Waals surface area contributed by atoms with E-state index in [-0.39, 0.29) is 5.91 Å². The first-order valence-corrected chi connectivity index (χ1v) is 9.04. The van der Waals surface area contributed by atoms with Crippen molar-refractivity contribution in [3.63, 3.8) is 0 Å². The summed E-state index contributed by atoms with van der Waals surface area (Å²) in [6.45, 7) is 8.27. The van der Waals surface area contributed by atoms with Gasteiger partial charge in [0.25, 0.3) is 0 Å². The third-order valence-corrected chi connectivity index (χ3v) is 4.55. The first-order valence-electron chi connectivity index (χ1n) is 8.66. The fourth-order valence-electron chi connectivity index (χ4n) is 2.84. The Kier molecular flexibility index (Phi) is 5.51. The van der Waals surface area contributed by atoms with E-state index in [9.17, 15) is 4.79 Å². The molecule has 0 saturated heterocycles. The molecule has 2 aromatic heterocycles. The molecule has 0 spiro atoms. The molecule has 1 amide bonds. The van der Waals surface area contributed by atoms with Crippen molar-refractivity contribution in [2.75, 3.05) is 11.9 Å². The van der Waals surface area contributed by atoms with Gasteiger partial charge in [-0.2, -0.15) is 0 Å². The van der Waals surface area contributed by atoms with Gasteiger partial charge in [0.05, 0.1) is 11.6 Å². The first kappa shape index (κ1) is 19.0. The van der Waals surface area contributed by atoms with Crippen molar-refractivity contribution in [3.8, 4) is 5.75 Å². The average molecular weight is 385 g/mol. The number of ether oxygens (including phenoxy) is 1. The molecule has 0 saturated carbocycles. The normalized spacial score (nSPS) is 11.7. The predicted molar refractivity (Wildman–Crippen MR) is 108 cm³/mol. The molecule has 0 aliphatic heterocycles. The van der Waals surface area contributed by atoms with Crippen molar-refractivity contribution in [1.82, 2.24) is 4.98 Å². The van der Waals surface area contributed by atoms with E-state index < -0.39 is 0 Å². The first-order chi connectivity index (χ1) is 12.9. The monoisotopic (exact) mass is 384 g/mol. The van der Waals surface area contributed by atoms with Crippen LogP contribution < -0.4 is 10.1 Å². The number of furan rings is 1. The molecule has 2 heterocycles. The number of pyridine rings is 1. The lowest BCUT2D eigenvalue weighted by Gasteiger charge is -2.11. The minimum Gasteiger partial charge on any atom is -0.493 e. The van der Waals surface area contributed by atoms with E-state index in [1.807, 2.05) is 39.8 Å². The Labute approximate surface area is 163 Å². The van der Waals surface area contributed by atoms with Crippen LogP contribution >= 0.6 is 11.6 Å². The Morgan fingerprint density at radius 3 is 2.78 bits per heavy atom. The molecule has 0 aliphatic rings. The highest BCUT2D eigenvalue weighted by atomic mass is 35.5. The third-order valence-electron chi connectivity index (χ3n) is 4.33. The quantitative estimate of drug-likeness (QED) is 0.586. The molecule has 3 aromatic rings. The van der Waals surface area contributed by atoms with E-state index in [1.54, 1.807) is 12.1 Å². The number of fused-ring (bicyclic) bond motifs is 1. The lowest BCUT2D eigenvalue weighted by Crippen LogP contribution is -2.10. The van der Waals surface area contributed by atoms with Crippen LogP contribution in [-0.2, 0) is 4.79 Å². The number of anilines is 1. The van der Waals surface area contributed by atoms with Crippen molar-refractivity contribution in [1.29, 1.82) is 0 Å². The van der Waals surface area contributed by atoms with Gasteiger partial charge in [-0.25, -0.2) is 4.98 Å². The second-order valence-electron chi connectivity index (χ2n) is 6.24. The molecule has 0 aliphatic carbocycles. The van der Waals surface area contributed by atoms with E-state index in [2.05, 4.69) is 10.3 Å². The second kappa shape index (κ2) is 7.84. The molecule has 5 nitrogen and oxygen atoms in total. The van der Waals surface area contributed by atoms with Gasteiger partial charge in [-0.05, 0) is 57.0 Å². The Hall–Kier alpha value is -2.79. The molecule has 0 unspecified atom stereocenters. The summed E-state index contributed by atoms with van der Waals surface area (Å²) in [6.07, 6.45) is 3.02. The zero-order valence-electron chi connectivity index (χ0n) is 15.7. The zero-order chi connectivity index (χ0) is 19.6. The van der Waals surface area contributed by atoms with Gasteiger partial charge >= 0.3 is 0 Å². The van der Waals surface area contributed by atoms with Crippen molar-refractivity contribution < 1.29 is 13.9 Å². The van der Waals surface area contributed by atoms with Crippen LogP contribution in [0.3, 0.4) is 0 Å². The molecular weight excluding hydrogens is 364 g/mol. The maximum Gasteiger partial charge on any atom is 0.249 e. The molecule has 0 bridgehead atoms. The highest BCUT2D eigenvalue weighted by Gasteiger charge is 2.14. The number of allylic oxidation sites excluding steroid dienone is 1. The average Bonchev–Trinajstić information content (AvgIpc) is 2.90. The predicted octanol–water partition coefficient (Wildman–Crippen LogP) is 5.54. The van der Waals surface area contributed by atoms with Gasteiger partial charge in [0, 0.05) is 29.3 Å². The standard InChI is InChI=1S/C21H21ClN2O3/c1-5-26-18-10-19-17(13(3)14(4)27-19)9-16(18)12(2)8-21(25)24-20-7-6-15(22)11-23-20/h6-11H,5H2,1-4H3,(H,23,24,25)/b12-8+. The van der Waals surface area contributed by atoms with Crippen LogP contribution in [0.1, 0.15) is 30.7 Å². The zero-order valence-corrected chi connectivity index (χ0v) is 16.5. The van der Waals surface area contributed by atoms with Crippen LogP contribution in [0.15, 0.2) is 41.0 Å². The molecule has 0 radical (unpaired) electrons. The molecule has 0 fully saturated rings. The van der Waals surface area contributed by atoms with Crippen molar-refractivity contribution >= 4 is 39.9 Å². The molecule has 0 atom stereocenters. The van der Waals surface area contributed by atoms with Crippen LogP contribution in [0.25, 0.3) is 16.5 Å². The van der Waals surface area contributed by atoms with E-state index in [0.29, 0.717) is 23.2 Å². The van der Waals surface area contributed by atoms with E-state index in [4.69, 9.17) is 20.8 Å². The number of amides is 1. The minimum atomic E-state index is -0.273. The summed E-state index contributed by atoms with van der Waals surface area (Å²) in [5, 5.41) is 4.26. The number of aryl methyl sites for hydroxylation is 2. The van der Waals surface area contributed by atoms with Crippen molar-refractivity contribution in [2.24, 2.45) is 0 Å². The Bertz CT molecular complexity index is 1020. The highest BCUT2D eigenvalue weighted by Crippen LogP contribution is 2.35. The van der Waals surface area contributed by atoms with Crippen LogP contribution in [0, 0.1) is 13.8 Å². The smallest absolute Gasteiger partial charge is 0.249 e. The number of aromatic nitrogens is 1. The van der Waals surface area contributed by atoms with Crippen LogP contribution in [0.2, 0.25) is 5.02 Å². The molecule has 27 heavy (non-hydrogen) atoms. The number of hydrogen-bond acceptors (Lipinski definition) is 4. The van der Waals surface area contributed by atoms with Gasteiger partial charge in [-0.15, -0.1) is 0 Å².